The van der Waals surface area contributed by atoms with Crippen LogP contribution < -0.4 is 20.2 Å². The normalized spacial score (nSPS) is 19.8. The summed E-state index contributed by atoms with van der Waals surface area (Å²) >= 11 is 0. The highest BCUT2D eigenvalue weighted by molar-refractivity contribution is 5.55. The summed E-state index contributed by atoms with van der Waals surface area (Å²) in [4.78, 5) is 19.1. The van der Waals surface area contributed by atoms with Gasteiger partial charge in [0.15, 0.2) is 0 Å². The molecule has 13 heteroatoms. The summed E-state index contributed by atoms with van der Waals surface area (Å²) in [6.45, 7) is 10.4. The van der Waals surface area contributed by atoms with E-state index in [0.717, 1.165) is 66.5 Å². The number of nitrogens with zero attached hydrogens (tertiary/aromatic N) is 9. The van der Waals surface area contributed by atoms with Gasteiger partial charge in [-0.15, -0.1) is 0 Å². The molecule has 50 heavy (non-hydrogen) atoms. The number of anilines is 2. The Morgan fingerprint density at radius 2 is 1.58 bits per heavy atom. The number of benzene rings is 3. The third kappa shape index (κ3) is 6.72. The number of ether oxygens (including phenoxy) is 3. The van der Waals surface area contributed by atoms with E-state index in [0.29, 0.717) is 18.8 Å². The number of rotatable bonds is 11. The quantitative estimate of drug-likeness (QED) is 0.198. The number of piperazine rings is 1. The molecule has 2 aliphatic heterocycles. The molecule has 5 aromatic rings. The first-order valence-corrected chi connectivity index (χ1v) is 17.0. The van der Waals surface area contributed by atoms with E-state index in [2.05, 4.69) is 55.4 Å². The van der Waals surface area contributed by atoms with Crippen LogP contribution in [0.25, 0.3) is 5.69 Å². The van der Waals surface area contributed by atoms with Crippen LogP contribution in [0.15, 0.2) is 90.2 Å². The molecule has 0 bridgehead atoms. The average Bonchev–Trinajstić information content (AvgIpc) is 3.92. The Kier molecular flexibility index (Phi) is 9.38. The molecule has 4 heterocycles. The Hall–Kier alpha value is -5.45. The predicted octanol–water partition coefficient (Wildman–Crippen LogP) is 4.45. The molecule has 3 aromatic carbocycles. The van der Waals surface area contributed by atoms with Crippen LogP contribution in [0.5, 0.6) is 5.75 Å². The molecule has 0 radical (unpaired) electrons. The smallest absolute Gasteiger partial charge is 0.350 e. The zero-order chi connectivity index (χ0) is 34.7. The van der Waals surface area contributed by atoms with Crippen LogP contribution in [0, 0.1) is 18.3 Å². The minimum Gasteiger partial charge on any atom is -0.491 e. The second-order valence-electron chi connectivity index (χ2n) is 12.8. The summed E-state index contributed by atoms with van der Waals surface area (Å²) in [5, 5.41) is 22.4. The van der Waals surface area contributed by atoms with E-state index in [9.17, 15) is 10.1 Å². The summed E-state index contributed by atoms with van der Waals surface area (Å²) in [5.41, 5.74) is 5.23. The van der Waals surface area contributed by atoms with Crippen molar-refractivity contribution < 1.29 is 14.2 Å². The Bertz CT molecular complexity index is 1990. The van der Waals surface area contributed by atoms with Crippen molar-refractivity contribution in [3.05, 3.63) is 113 Å². The molecule has 0 spiro atoms. The third-order valence-corrected chi connectivity index (χ3v) is 9.56. The molecule has 3 atom stereocenters. The Morgan fingerprint density at radius 1 is 0.940 bits per heavy atom. The largest absolute Gasteiger partial charge is 0.491 e. The molecule has 7 rings (SSSR count). The van der Waals surface area contributed by atoms with Crippen LogP contribution >= 0.6 is 0 Å². The predicted molar refractivity (Wildman–Crippen MR) is 188 cm³/mol. The molecule has 0 saturated carbocycles. The maximum atomic E-state index is 12.8. The standard InChI is InChI=1S/C37H41N9O4/c1-4-28(3)46-36(47)44(26-41-46)32-9-7-30(8-10-32)42-17-19-43(20-18-42)31-11-13-33(14-12-31)48-23-34-24-49-37(50-34,25-45-39-15-16-40-45)35-21-29(22-38)6-5-27(35)2/h5-16,21,26,28,34H,4,17-20,23-25H2,1-3H3/t28?,34-,37-/m1/s1. The number of hydrogen-bond acceptors (Lipinski definition) is 10. The molecule has 2 fully saturated rings. The number of hydrogen-bond donors (Lipinski definition) is 0. The van der Waals surface area contributed by atoms with Gasteiger partial charge in [0, 0.05) is 43.1 Å². The van der Waals surface area contributed by atoms with Gasteiger partial charge < -0.3 is 24.0 Å². The lowest BCUT2D eigenvalue weighted by atomic mass is 9.97. The maximum absolute atomic E-state index is 12.8. The lowest BCUT2D eigenvalue weighted by Crippen LogP contribution is -2.46. The van der Waals surface area contributed by atoms with Crippen LogP contribution in [0.3, 0.4) is 0 Å². The van der Waals surface area contributed by atoms with Crippen LogP contribution in [0.4, 0.5) is 11.4 Å². The van der Waals surface area contributed by atoms with Gasteiger partial charge >= 0.3 is 5.69 Å². The first-order chi connectivity index (χ1) is 24.4. The topological polar surface area (TPSA) is 128 Å². The van der Waals surface area contributed by atoms with Crippen LogP contribution in [0.1, 0.15) is 43.0 Å². The van der Waals surface area contributed by atoms with Crippen molar-refractivity contribution in [1.29, 1.82) is 5.26 Å². The van der Waals surface area contributed by atoms with Gasteiger partial charge in [-0.25, -0.2) is 14.0 Å². The van der Waals surface area contributed by atoms with Crippen molar-refractivity contribution >= 4 is 11.4 Å². The SMILES string of the molecule is CCC(C)n1ncn(-c2ccc(N3CCN(c4ccc(OC[C@@H]5CO[C@@](Cn6nccn6)(c6cc(C#N)ccc6C)O5)cc4)CC3)cc2)c1=O. The highest BCUT2D eigenvalue weighted by atomic mass is 16.8. The monoisotopic (exact) mass is 675 g/mol. The van der Waals surface area contributed by atoms with Crippen molar-refractivity contribution in [2.45, 2.75) is 51.7 Å². The average molecular weight is 676 g/mol. The molecular formula is C37H41N9O4. The molecule has 2 aromatic heterocycles. The molecule has 258 valence electrons. The van der Waals surface area contributed by atoms with Crippen LogP contribution in [-0.4, -0.2) is 74.8 Å². The van der Waals surface area contributed by atoms with E-state index in [-0.39, 0.29) is 24.4 Å². The van der Waals surface area contributed by atoms with Gasteiger partial charge in [-0.1, -0.05) is 13.0 Å². The van der Waals surface area contributed by atoms with Crippen molar-refractivity contribution in [1.82, 2.24) is 29.3 Å². The summed E-state index contributed by atoms with van der Waals surface area (Å²) in [5.74, 6) is -0.395. The van der Waals surface area contributed by atoms with Gasteiger partial charge in [0.05, 0.1) is 42.4 Å². The third-order valence-electron chi connectivity index (χ3n) is 9.56. The summed E-state index contributed by atoms with van der Waals surface area (Å²) in [6.07, 6.45) is 5.34. The molecule has 0 N–H and O–H groups in total. The Balaban J connectivity index is 0.933. The van der Waals surface area contributed by atoms with Crippen molar-refractivity contribution in [2.24, 2.45) is 0 Å². The highest BCUT2D eigenvalue weighted by Crippen LogP contribution is 2.38. The molecule has 2 saturated heterocycles. The fourth-order valence-corrected chi connectivity index (χ4v) is 6.53. The van der Waals surface area contributed by atoms with E-state index in [4.69, 9.17) is 14.2 Å². The van der Waals surface area contributed by atoms with Gasteiger partial charge in [0.1, 0.15) is 31.3 Å². The van der Waals surface area contributed by atoms with Crippen molar-refractivity contribution in [3.63, 3.8) is 0 Å². The molecular weight excluding hydrogens is 634 g/mol. The molecule has 2 aliphatic rings. The summed E-state index contributed by atoms with van der Waals surface area (Å²) in [7, 11) is 0. The van der Waals surface area contributed by atoms with Crippen molar-refractivity contribution in [3.8, 4) is 17.5 Å². The molecule has 0 amide bonds. The fourth-order valence-electron chi connectivity index (χ4n) is 6.53. The maximum Gasteiger partial charge on any atom is 0.350 e. The number of aromatic nitrogens is 6. The lowest BCUT2D eigenvalue weighted by Gasteiger charge is -2.37. The van der Waals surface area contributed by atoms with Crippen LogP contribution in [0.2, 0.25) is 0 Å². The van der Waals surface area contributed by atoms with E-state index >= 15 is 0 Å². The Morgan fingerprint density at radius 3 is 2.22 bits per heavy atom. The highest BCUT2D eigenvalue weighted by Gasteiger charge is 2.45. The first kappa shape index (κ1) is 33.1. The fraction of sp³-hybridized carbons (Fsp3) is 0.378. The second kappa shape index (κ2) is 14.2. The molecule has 1 unspecified atom stereocenters. The lowest BCUT2D eigenvalue weighted by molar-refractivity contribution is -0.192. The first-order valence-electron chi connectivity index (χ1n) is 17.0. The van der Waals surface area contributed by atoms with Crippen LogP contribution in [-0.2, 0) is 21.8 Å². The number of aryl methyl sites for hydroxylation is 1. The zero-order valence-corrected chi connectivity index (χ0v) is 28.6. The van der Waals surface area contributed by atoms with Crippen molar-refractivity contribution in [2.75, 3.05) is 49.2 Å². The van der Waals surface area contributed by atoms with Gasteiger partial charge in [0.25, 0.3) is 0 Å². The zero-order valence-electron chi connectivity index (χ0n) is 28.6. The van der Waals surface area contributed by atoms with Gasteiger partial charge in [-0.05, 0) is 86.5 Å². The second-order valence-corrected chi connectivity index (χ2v) is 12.8. The molecule has 0 aliphatic carbocycles. The van der Waals surface area contributed by atoms with E-state index in [1.54, 1.807) is 29.4 Å². The molecule has 13 nitrogen and oxygen atoms in total. The van der Waals surface area contributed by atoms with Gasteiger partial charge in [-0.2, -0.15) is 25.4 Å². The minimum absolute atomic E-state index is 0.0634. The summed E-state index contributed by atoms with van der Waals surface area (Å²) < 4.78 is 22.2. The minimum atomic E-state index is -1.14. The van der Waals surface area contributed by atoms with E-state index in [1.807, 2.05) is 57.2 Å². The summed E-state index contributed by atoms with van der Waals surface area (Å²) in [6, 6.07) is 24.0. The van der Waals surface area contributed by atoms with Gasteiger partial charge in [0.2, 0.25) is 5.79 Å². The van der Waals surface area contributed by atoms with E-state index < -0.39 is 5.79 Å². The van der Waals surface area contributed by atoms with E-state index in [1.165, 1.54) is 9.48 Å². The number of nitriles is 1. The van der Waals surface area contributed by atoms with Gasteiger partial charge in [-0.3, -0.25) is 0 Å². The Labute approximate surface area is 290 Å².